The normalized spacial score (nSPS) is 14.4. The van der Waals surface area contributed by atoms with Gasteiger partial charge in [0.25, 0.3) is 0 Å². The first-order chi connectivity index (χ1) is 22.7. The van der Waals surface area contributed by atoms with E-state index < -0.39 is 71.0 Å². The average molecular weight is 867 g/mol. The molecule has 0 bridgehead atoms. The van der Waals surface area contributed by atoms with Gasteiger partial charge in [-0.25, -0.2) is 18.6 Å². The lowest BCUT2D eigenvalue weighted by Crippen LogP contribution is -2.52. The van der Waals surface area contributed by atoms with E-state index in [2.05, 4.69) is 49.3 Å². The SMILES string of the molecule is COC(=O)C[C@H](C(=O)NN(Cc1c(F)cc(Br)cc1F)C[C@H](O)[C@@H](CC(=O)[C@@H](NC(=O)OC)C(C)(C)C)Cc1ccc(I)cc1)C(C)(C)C. The van der Waals surface area contributed by atoms with Crippen LogP contribution in [0.5, 0.6) is 0 Å². The molecule has 0 spiro atoms. The number of esters is 1. The predicted molar refractivity (Wildman–Crippen MR) is 193 cm³/mol. The number of ether oxygens (including phenoxy) is 2. The lowest BCUT2D eigenvalue weighted by Gasteiger charge is -2.35. The number of aliphatic hydroxyl groups excluding tert-OH is 1. The van der Waals surface area contributed by atoms with E-state index in [1.165, 1.54) is 19.2 Å². The van der Waals surface area contributed by atoms with Gasteiger partial charge in [0.05, 0.1) is 38.7 Å². The van der Waals surface area contributed by atoms with Gasteiger partial charge in [0.2, 0.25) is 5.91 Å². The third-order valence-corrected chi connectivity index (χ3v) is 9.32. The number of carbonyl (C=O) groups is 4. The number of halogens is 4. The first kappa shape index (κ1) is 42.5. The largest absolute Gasteiger partial charge is 0.469 e. The van der Waals surface area contributed by atoms with Crippen LogP contribution in [0.4, 0.5) is 13.6 Å². The van der Waals surface area contributed by atoms with Crippen molar-refractivity contribution in [3.05, 3.63) is 67.2 Å². The highest BCUT2D eigenvalue weighted by Crippen LogP contribution is 2.30. The zero-order valence-corrected chi connectivity index (χ0v) is 32.9. The molecule has 0 aliphatic heterocycles. The van der Waals surface area contributed by atoms with Crippen LogP contribution in [-0.2, 0) is 36.8 Å². The molecule has 4 atom stereocenters. The Kier molecular flexibility index (Phi) is 16.1. The van der Waals surface area contributed by atoms with Crippen LogP contribution in [0.25, 0.3) is 0 Å². The second-order valence-electron chi connectivity index (χ2n) is 14.2. The molecule has 0 radical (unpaired) electrons. The van der Waals surface area contributed by atoms with E-state index in [0.717, 1.165) is 21.3 Å². The van der Waals surface area contributed by atoms with E-state index >= 15 is 8.78 Å². The van der Waals surface area contributed by atoms with Crippen LogP contribution in [0, 0.1) is 37.9 Å². The standard InChI is InChI=1S/C35H47BrF2IN3O7/c1-34(2,3)25(17-30(45)48-7)32(46)41-42(18-24-26(37)15-22(36)16-27(24)38)19-29(44)21(13-20-9-11-23(39)12-10-20)14-28(43)31(35(4,5)6)40-33(47)49-8/h9-12,15-16,21,25,29,31,44H,13-14,17-19H2,1-8H3,(H,40,47)(H,41,46)/t21-,25-,29+,31-/m1/s1. The van der Waals surface area contributed by atoms with Crippen LogP contribution >= 0.6 is 38.5 Å². The Labute approximate surface area is 309 Å². The number of nitrogens with one attached hydrogen (secondary N) is 2. The summed E-state index contributed by atoms with van der Waals surface area (Å²) < 4.78 is 40.8. The Balaban J connectivity index is 2.54. The van der Waals surface area contributed by atoms with Crippen molar-refractivity contribution in [1.82, 2.24) is 15.8 Å². The minimum Gasteiger partial charge on any atom is -0.469 e. The van der Waals surface area contributed by atoms with Crippen molar-refractivity contribution in [3.63, 3.8) is 0 Å². The summed E-state index contributed by atoms with van der Waals surface area (Å²) in [4.78, 5) is 51.9. The fourth-order valence-electron chi connectivity index (χ4n) is 5.32. The molecule has 10 nitrogen and oxygen atoms in total. The lowest BCUT2D eigenvalue weighted by molar-refractivity contribution is -0.148. The van der Waals surface area contributed by atoms with Gasteiger partial charge in [-0.05, 0) is 75.6 Å². The Morgan fingerprint density at radius 3 is 2.00 bits per heavy atom. The number of nitrogens with zero attached hydrogens (tertiary/aromatic N) is 1. The van der Waals surface area contributed by atoms with Crippen LogP contribution in [-0.4, -0.2) is 66.8 Å². The summed E-state index contributed by atoms with van der Waals surface area (Å²) >= 11 is 5.24. The van der Waals surface area contributed by atoms with E-state index in [0.29, 0.717) is 0 Å². The molecule has 2 rings (SSSR count). The number of methoxy groups -OCH3 is 2. The average Bonchev–Trinajstić information content (AvgIpc) is 2.99. The first-order valence-electron chi connectivity index (χ1n) is 15.7. The van der Waals surface area contributed by atoms with Crippen molar-refractivity contribution < 1.29 is 42.5 Å². The number of hydrogen-bond acceptors (Lipinski definition) is 8. The first-order valence-corrected chi connectivity index (χ1v) is 17.6. The van der Waals surface area contributed by atoms with Crippen molar-refractivity contribution in [2.75, 3.05) is 20.8 Å². The van der Waals surface area contributed by atoms with Gasteiger partial charge < -0.3 is 19.9 Å². The molecule has 3 N–H and O–H groups in total. The Morgan fingerprint density at radius 2 is 1.51 bits per heavy atom. The molecule has 2 amide bonds. The maximum Gasteiger partial charge on any atom is 0.407 e. The smallest absolute Gasteiger partial charge is 0.407 e. The van der Waals surface area contributed by atoms with Crippen molar-refractivity contribution in [1.29, 1.82) is 0 Å². The Bertz CT molecular complexity index is 1440. The highest BCUT2D eigenvalue weighted by molar-refractivity contribution is 14.1. The Morgan fingerprint density at radius 1 is 0.939 bits per heavy atom. The molecule has 0 saturated heterocycles. The highest BCUT2D eigenvalue weighted by Gasteiger charge is 2.38. The van der Waals surface area contributed by atoms with E-state index in [1.54, 1.807) is 41.5 Å². The van der Waals surface area contributed by atoms with E-state index in [4.69, 9.17) is 9.47 Å². The maximum absolute atomic E-state index is 15.1. The number of alkyl carbamates (subject to hydrolysis) is 1. The van der Waals surface area contributed by atoms with Gasteiger partial charge in [0, 0.05) is 33.1 Å². The summed E-state index contributed by atoms with van der Waals surface area (Å²) in [5, 5.41) is 15.6. The van der Waals surface area contributed by atoms with Crippen molar-refractivity contribution in [3.8, 4) is 0 Å². The van der Waals surface area contributed by atoms with Crippen molar-refractivity contribution in [2.24, 2.45) is 22.7 Å². The molecule has 0 unspecified atom stereocenters. The van der Waals surface area contributed by atoms with Gasteiger partial charge >= 0.3 is 12.1 Å². The zero-order valence-electron chi connectivity index (χ0n) is 29.2. The molecule has 0 heterocycles. The molecule has 272 valence electrons. The molecule has 49 heavy (non-hydrogen) atoms. The number of hydrazine groups is 1. The zero-order chi connectivity index (χ0) is 37.3. The van der Waals surface area contributed by atoms with Gasteiger partial charge in [-0.1, -0.05) is 69.6 Å². The summed E-state index contributed by atoms with van der Waals surface area (Å²) in [6.07, 6.45) is -2.31. The van der Waals surface area contributed by atoms with Crippen LogP contribution in [0.15, 0.2) is 40.9 Å². The number of ketones is 1. The monoisotopic (exact) mass is 865 g/mol. The van der Waals surface area contributed by atoms with E-state index in [1.807, 2.05) is 24.3 Å². The van der Waals surface area contributed by atoms with Gasteiger partial charge in [0.1, 0.15) is 11.6 Å². The predicted octanol–water partition coefficient (Wildman–Crippen LogP) is 6.34. The molecule has 0 aromatic heterocycles. The van der Waals surface area contributed by atoms with Gasteiger partial charge in [0.15, 0.2) is 5.78 Å². The third kappa shape index (κ3) is 13.5. The summed E-state index contributed by atoms with van der Waals surface area (Å²) in [5.41, 5.74) is 1.71. The van der Waals surface area contributed by atoms with Gasteiger partial charge in [-0.3, -0.25) is 19.8 Å². The van der Waals surface area contributed by atoms with Crippen LogP contribution in [0.3, 0.4) is 0 Å². The lowest BCUT2D eigenvalue weighted by atomic mass is 9.78. The summed E-state index contributed by atoms with van der Waals surface area (Å²) in [6.45, 7) is 9.83. The molecule has 0 saturated carbocycles. The molecule has 0 aliphatic rings. The van der Waals surface area contributed by atoms with E-state index in [9.17, 15) is 24.3 Å². The minimum absolute atomic E-state index is 0.179. The highest BCUT2D eigenvalue weighted by atomic mass is 127. The fourth-order valence-corrected chi connectivity index (χ4v) is 6.08. The summed E-state index contributed by atoms with van der Waals surface area (Å²) in [6, 6.07) is 8.72. The molecule has 2 aromatic rings. The van der Waals surface area contributed by atoms with Gasteiger partial charge in [-0.2, -0.15) is 0 Å². The number of amides is 2. The summed E-state index contributed by atoms with van der Waals surface area (Å²) in [7, 11) is 2.40. The molecule has 0 fully saturated rings. The maximum atomic E-state index is 15.1. The Hall–Kier alpha value is -2.69. The van der Waals surface area contributed by atoms with Crippen LogP contribution < -0.4 is 10.7 Å². The number of Topliss-reactive ketones (excluding diaryl/α,β-unsaturated/α-hetero) is 1. The minimum atomic E-state index is -1.32. The van der Waals surface area contributed by atoms with Crippen molar-refractivity contribution >= 4 is 62.3 Å². The number of aliphatic hydroxyl groups is 1. The number of hydrogen-bond donors (Lipinski definition) is 3. The quantitative estimate of drug-likeness (QED) is 0.107. The topological polar surface area (TPSA) is 134 Å². The second-order valence-corrected chi connectivity index (χ2v) is 16.3. The van der Waals surface area contributed by atoms with Crippen molar-refractivity contribution in [2.45, 2.75) is 79.5 Å². The number of rotatable bonds is 15. The third-order valence-electron chi connectivity index (χ3n) is 8.15. The second kappa shape index (κ2) is 18.5. The number of benzene rings is 2. The molecule has 14 heteroatoms. The van der Waals surface area contributed by atoms with Crippen LogP contribution in [0.2, 0.25) is 0 Å². The molecular formula is C35H47BrF2IN3O7. The fraction of sp³-hybridized carbons (Fsp3) is 0.543. The number of carbonyl (C=O) groups excluding carboxylic acids is 4. The molecular weight excluding hydrogens is 819 g/mol. The summed E-state index contributed by atoms with van der Waals surface area (Å²) in [5.74, 6) is -5.02. The van der Waals surface area contributed by atoms with Gasteiger partial charge in [-0.15, -0.1) is 0 Å². The van der Waals surface area contributed by atoms with E-state index in [-0.39, 0.29) is 41.6 Å². The molecule has 2 aromatic carbocycles. The molecule has 0 aliphatic carbocycles. The van der Waals surface area contributed by atoms with Crippen LogP contribution in [0.1, 0.15) is 65.5 Å².